The highest BCUT2D eigenvalue weighted by Gasteiger charge is 2.24. The zero-order valence-corrected chi connectivity index (χ0v) is 15.1. The Kier molecular flexibility index (Phi) is 7.97. The summed E-state index contributed by atoms with van der Waals surface area (Å²) in [6, 6.07) is 0. The van der Waals surface area contributed by atoms with Crippen molar-refractivity contribution in [2.24, 2.45) is 29.6 Å². The van der Waals surface area contributed by atoms with E-state index in [2.05, 4.69) is 13.8 Å². The van der Waals surface area contributed by atoms with E-state index in [1.807, 2.05) is 0 Å². The molecule has 0 aromatic rings. The number of aldehydes is 1. The van der Waals surface area contributed by atoms with Gasteiger partial charge in [0, 0.05) is 5.92 Å². The number of unbranched alkanes of at least 4 members (excludes halogenated alkanes) is 3. The Morgan fingerprint density at radius 2 is 1.64 bits per heavy atom. The molecule has 128 valence electrons. The average Bonchev–Trinajstić information content (AvgIpc) is 2.52. The zero-order valence-electron chi connectivity index (χ0n) is 15.1. The molecule has 0 spiro atoms. The fraction of sp³-hybridized carbons (Fsp3) is 0.952. The lowest BCUT2D eigenvalue weighted by molar-refractivity contribution is -0.112. The summed E-state index contributed by atoms with van der Waals surface area (Å²) in [5.41, 5.74) is 0. The Morgan fingerprint density at radius 3 is 2.36 bits per heavy atom. The predicted octanol–water partition coefficient (Wildman–Crippen LogP) is 6.40. The fourth-order valence-electron chi connectivity index (χ4n) is 5.07. The highest BCUT2D eigenvalue weighted by Crippen LogP contribution is 2.36. The smallest absolute Gasteiger partial charge is 0.123 e. The van der Waals surface area contributed by atoms with Gasteiger partial charge in [-0.2, -0.15) is 0 Å². The average molecular weight is 307 g/mol. The second-order valence-corrected chi connectivity index (χ2v) is 8.58. The van der Waals surface area contributed by atoms with E-state index in [1.165, 1.54) is 83.3 Å². The molecule has 2 rings (SSSR count). The van der Waals surface area contributed by atoms with Crippen LogP contribution in [0.1, 0.15) is 97.3 Å². The molecule has 0 amide bonds. The van der Waals surface area contributed by atoms with Crippen molar-refractivity contribution in [3.05, 3.63) is 0 Å². The maximum Gasteiger partial charge on any atom is 0.123 e. The lowest BCUT2D eigenvalue weighted by Crippen LogP contribution is -2.21. The summed E-state index contributed by atoms with van der Waals surface area (Å²) in [5.74, 6) is 4.18. The van der Waals surface area contributed by atoms with E-state index in [0.717, 1.165) is 30.1 Å². The molecule has 0 heterocycles. The van der Waals surface area contributed by atoms with Gasteiger partial charge in [0.2, 0.25) is 0 Å². The van der Waals surface area contributed by atoms with Crippen LogP contribution in [-0.4, -0.2) is 6.29 Å². The first-order valence-electron chi connectivity index (χ1n) is 10.1. The maximum atomic E-state index is 10.9. The van der Waals surface area contributed by atoms with Gasteiger partial charge in [0.1, 0.15) is 6.29 Å². The van der Waals surface area contributed by atoms with Crippen LogP contribution in [0.3, 0.4) is 0 Å². The third kappa shape index (κ3) is 6.05. The molecular formula is C21H38O. The first-order chi connectivity index (χ1) is 10.7. The molecule has 22 heavy (non-hydrogen) atoms. The number of carbonyl (C=O) groups excluding carboxylic acids is 1. The van der Waals surface area contributed by atoms with Crippen molar-refractivity contribution >= 4 is 6.29 Å². The van der Waals surface area contributed by atoms with E-state index in [9.17, 15) is 4.79 Å². The van der Waals surface area contributed by atoms with Gasteiger partial charge in [-0.05, 0) is 49.4 Å². The molecule has 0 N–H and O–H groups in total. The first-order valence-corrected chi connectivity index (χ1v) is 10.1. The van der Waals surface area contributed by atoms with E-state index in [4.69, 9.17) is 0 Å². The molecule has 0 aromatic carbocycles. The van der Waals surface area contributed by atoms with Gasteiger partial charge >= 0.3 is 0 Å². The summed E-state index contributed by atoms with van der Waals surface area (Å²) in [4.78, 5) is 10.9. The Bertz CT molecular complexity index is 311. The summed E-state index contributed by atoms with van der Waals surface area (Å²) in [6.45, 7) is 4.90. The highest BCUT2D eigenvalue weighted by molar-refractivity contribution is 5.53. The number of hydrogen-bond acceptors (Lipinski definition) is 1. The first kappa shape index (κ1) is 18.0. The van der Waals surface area contributed by atoms with Gasteiger partial charge in [-0.3, -0.25) is 0 Å². The van der Waals surface area contributed by atoms with Crippen LogP contribution in [-0.2, 0) is 4.79 Å². The third-order valence-electron chi connectivity index (χ3n) is 6.56. The highest BCUT2D eigenvalue weighted by atomic mass is 16.1. The largest absolute Gasteiger partial charge is 0.303 e. The molecule has 0 aliphatic heterocycles. The number of carbonyl (C=O) groups is 1. The van der Waals surface area contributed by atoms with E-state index in [-0.39, 0.29) is 0 Å². The van der Waals surface area contributed by atoms with Crippen LogP contribution in [0.5, 0.6) is 0 Å². The Balaban J connectivity index is 1.48. The van der Waals surface area contributed by atoms with Crippen molar-refractivity contribution in [1.29, 1.82) is 0 Å². The molecule has 1 nitrogen and oxygen atoms in total. The predicted molar refractivity (Wildman–Crippen MR) is 94.9 cm³/mol. The van der Waals surface area contributed by atoms with Crippen molar-refractivity contribution in [3.63, 3.8) is 0 Å². The summed E-state index contributed by atoms with van der Waals surface area (Å²) >= 11 is 0. The van der Waals surface area contributed by atoms with E-state index < -0.39 is 0 Å². The summed E-state index contributed by atoms with van der Waals surface area (Å²) in [7, 11) is 0. The van der Waals surface area contributed by atoms with Crippen LogP contribution >= 0.6 is 0 Å². The summed E-state index contributed by atoms with van der Waals surface area (Å²) < 4.78 is 0. The fourth-order valence-corrected chi connectivity index (χ4v) is 5.07. The van der Waals surface area contributed by atoms with Gasteiger partial charge < -0.3 is 4.79 Å². The van der Waals surface area contributed by atoms with Crippen LogP contribution in [0.25, 0.3) is 0 Å². The van der Waals surface area contributed by atoms with Crippen molar-refractivity contribution < 1.29 is 4.79 Å². The van der Waals surface area contributed by atoms with E-state index in [0.29, 0.717) is 5.92 Å². The Hall–Kier alpha value is -0.330. The molecule has 2 saturated carbocycles. The second-order valence-electron chi connectivity index (χ2n) is 8.58. The van der Waals surface area contributed by atoms with Crippen molar-refractivity contribution in [1.82, 2.24) is 0 Å². The molecule has 0 saturated heterocycles. The van der Waals surface area contributed by atoms with Crippen LogP contribution in [0.2, 0.25) is 0 Å². The summed E-state index contributed by atoms with van der Waals surface area (Å²) in [6.07, 6.45) is 19.2. The van der Waals surface area contributed by atoms with Crippen molar-refractivity contribution in [2.45, 2.75) is 97.3 Å². The minimum absolute atomic E-state index is 0.383. The minimum Gasteiger partial charge on any atom is -0.303 e. The molecule has 2 aliphatic carbocycles. The van der Waals surface area contributed by atoms with E-state index in [1.54, 1.807) is 0 Å². The van der Waals surface area contributed by atoms with Gasteiger partial charge in [0.15, 0.2) is 0 Å². The molecule has 5 atom stereocenters. The Morgan fingerprint density at radius 1 is 0.864 bits per heavy atom. The zero-order chi connectivity index (χ0) is 15.8. The topological polar surface area (TPSA) is 17.1 Å². The number of rotatable bonds is 8. The van der Waals surface area contributed by atoms with Gasteiger partial charge in [0.05, 0.1) is 0 Å². The molecule has 0 aromatic heterocycles. The van der Waals surface area contributed by atoms with E-state index >= 15 is 0 Å². The van der Waals surface area contributed by atoms with Crippen LogP contribution in [0.4, 0.5) is 0 Å². The monoisotopic (exact) mass is 306 g/mol. The lowest BCUT2D eigenvalue weighted by atomic mass is 9.73. The molecule has 5 unspecified atom stereocenters. The van der Waals surface area contributed by atoms with Crippen LogP contribution < -0.4 is 0 Å². The van der Waals surface area contributed by atoms with Crippen LogP contribution in [0, 0.1) is 29.6 Å². The quantitative estimate of drug-likeness (QED) is 0.374. The SMILES string of the molecule is CC1CCC(CCCCCCC2CCCC(C=O)C2)C(C)C1. The maximum absolute atomic E-state index is 10.9. The molecule has 2 fully saturated rings. The second kappa shape index (κ2) is 9.73. The normalized spacial score (nSPS) is 36.2. The standard InChI is InChI=1S/C21H38O/c1-17-12-13-21(18(2)14-17)11-6-4-3-5-8-19-9-7-10-20(15-19)16-22/h16-21H,3-15H2,1-2H3. The molecule has 1 heteroatoms. The molecule has 0 bridgehead atoms. The van der Waals surface area contributed by atoms with Gasteiger partial charge in [-0.15, -0.1) is 0 Å². The lowest BCUT2D eigenvalue weighted by Gasteiger charge is -2.32. The molecular weight excluding hydrogens is 268 g/mol. The summed E-state index contributed by atoms with van der Waals surface area (Å²) in [5, 5.41) is 0. The molecule has 2 aliphatic rings. The van der Waals surface area contributed by atoms with Crippen molar-refractivity contribution in [2.75, 3.05) is 0 Å². The van der Waals surface area contributed by atoms with Crippen LogP contribution in [0.15, 0.2) is 0 Å². The van der Waals surface area contributed by atoms with Gasteiger partial charge in [-0.25, -0.2) is 0 Å². The Labute approximate surface area is 138 Å². The van der Waals surface area contributed by atoms with Crippen molar-refractivity contribution in [3.8, 4) is 0 Å². The minimum atomic E-state index is 0.383. The van der Waals surface area contributed by atoms with Gasteiger partial charge in [-0.1, -0.05) is 71.6 Å². The molecule has 0 radical (unpaired) electrons. The van der Waals surface area contributed by atoms with Gasteiger partial charge in [0.25, 0.3) is 0 Å². The number of hydrogen-bond donors (Lipinski definition) is 0. The third-order valence-corrected chi connectivity index (χ3v) is 6.56.